The predicted molar refractivity (Wildman–Crippen MR) is 87.1 cm³/mol. The maximum Gasteiger partial charge on any atom is 0.416 e. The zero-order valence-corrected chi connectivity index (χ0v) is 13.8. The maximum absolute atomic E-state index is 12.8. The molecule has 0 bridgehead atoms. The summed E-state index contributed by atoms with van der Waals surface area (Å²) in [4.78, 5) is 13.1. The number of halogens is 3. The number of hydrogen-bond donors (Lipinski definition) is 1. The standard InChI is InChI=1S/C17H13F3N2O2S/c1-10(11-4-2-5-12(8-11)17(18,19)20)21-16(23)13-9-14(24-22-13)15-6-3-7-25-15/h2-10H,1H3,(H,21,23)/t10-/m1/s1. The Kier molecular flexibility index (Phi) is 4.63. The van der Waals surface area contributed by atoms with E-state index in [1.807, 2.05) is 17.5 Å². The molecule has 130 valence electrons. The van der Waals surface area contributed by atoms with Crippen LogP contribution in [-0.4, -0.2) is 11.1 Å². The molecule has 0 saturated carbocycles. The van der Waals surface area contributed by atoms with Gasteiger partial charge in [-0.05, 0) is 36.1 Å². The first kappa shape index (κ1) is 17.2. The molecule has 1 aromatic carbocycles. The molecular formula is C17H13F3N2O2S. The lowest BCUT2D eigenvalue weighted by molar-refractivity contribution is -0.137. The predicted octanol–water partition coefficient (Wildman–Crippen LogP) is 4.91. The van der Waals surface area contributed by atoms with E-state index in [0.717, 1.165) is 17.0 Å². The van der Waals surface area contributed by atoms with Crippen molar-refractivity contribution >= 4 is 17.2 Å². The molecule has 3 rings (SSSR count). The molecular weight excluding hydrogens is 353 g/mol. The summed E-state index contributed by atoms with van der Waals surface area (Å²) in [5, 5.41) is 8.21. The van der Waals surface area contributed by atoms with Crippen LogP contribution >= 0.6 is 11.3 Å². The molecule has 0 aliphatic carbocycles. The number of aromatic nitrogens is 1. The molecule has 0 spiro atoms. The van der Waals surface area contributed by atoms with Crippen molar-refractivity contribution in [1.82, 2.24) is 10.5 Å². The monoisotopic (exact) mass is 366 g/mol. The van der Waals surface area contributed by atoms with Gasteiger partial charge >= 0.3 is 6.18 Å². The summed E-state index contributed by atoms with van der Waals surface area (Å²) < 4.78 is 43.5. The summed E-state index contributed by atoms with van der Waals surface area (Å²) in [6, 6.07) is 9.41. The molecule has 1 amide bonds. The quantitative estimate of drug-likeness (QED) is 0.714. The van der Waals surface area contributed by atoms with Crippen LogP contribution in [0.15, 0.2) is 52.4 Å². The van der Waals surface area contributed by atoms with Gasteiger partial charge in [0.05, 0.1) is 16.5 Å². The SMILES string of the molecule is C[C@@H](NC(=O)c1cc(-c2cccs2)on1)c1cccc(C(F)(F)F)c1. The summed E-state index contributed by atoms with van der Waals surface area (Å²) >= 11 is 1.44. The lowest BCUT2D eigenvalue weighted by atomic mass is 10.0. The van der Waals surface area contributed by atoms with Crippen LogP contribution in [0.5, 0.6) is 0 Å². The van der Waals surface area contributed by atoms with E-state index in [1.54, 1.807) is 6.92 Å². The lowest BCUT2D eigenvalue weighted by Crippen LogP contribution is -2.27. The smallest absolute Gasteiger partial charge is 0.355 e. The molecule has 0 aliphatic heterocycles. The highest BCUT2D eigenvalue weighted by molar-refractivity contribution is 7.13. The Morgan fingerprint density at radius 1 is 1.24 bits per heavy atom. The highest BCUT2D eigenvalue weighted by Crippen LogP contribution is 2.31. The van der Waals surface area contributed by atoms with Gasteiger partial charge in [-0.2, -0.15) is 13.2 Å². The minimum Gasteiger partial charge on any atom is -0.355 e. The number of thiophene rings is 1. The summed E-state index contributed by atoms with van der Waals surface area (Å²) in [7, 11) is 0. The number of benzene rings is 1. The van der Waals surface area contributed by atoms with Gasteiger partial charge < -0.3 is 9.84 Å². The molecule has 1 atom stereocenters. The molecule has 0 unspecified atom stereocenters. The summed E-state index contributed by atoms with van der Waals surface area (Å²) in [5.74, 6) is -0.0525. The second-order valence-corrected chi connectivity index (χ2v) is 6.32. The number of carbonyl (C=O) groups is 1. The van der Waals surface area contributed by atoms with Crippen molar-refractivity contribution in [2.24, 2.45) is 0 Å². The van der Waals surface area contributed by atoms with Crippen LogP contribution in [0.1, 0.15) is 34.6 Å². The van der Waals surface area contributed by atoms with Gasteiger partial charge in [-0.15, -0.1) is 11.3 Å². The van der Waals surface area contributed by atoms with E-state index < -0.39 is 23.7 Å². The van der Waals surface area contributed by atoms with Crippen molar-refractivity contribution < 1.29 is 22.5 Å². The minimum absolute atomic E-state index is 0.0715. The largest absolute Gasteiger partial charge is 0.416 e. The fraction of sp³-hybridized carbons (Fsp3) is 0.176. The summed E-state index contributed by atoms with van der Waals surface area (Å²) in [6.45, 7) is 1.60. The second-order valence-electron chi connectivity index (χ2n) is 5.37. The van der Waals surface area contributed by atoms with Gasteiger partial charge in [0.2, 0.25) is 0 Å². The van der Waals surface area contributed by atoms with Crippen molar-refractivity contribution in [2.45, 2.75) is 19.1 Å². The van der Waals surface area contributed by atoms with Gasteiger partial charge in [-0.1, -0.05) is 23.4 Å². The summed E-state index contributed by atoms with van der Waals surface area (Å²) in [6.07, 6.45) is -4.43. The van der Waals surface area contributed by atoms with Gasteiger partial charge in [-0.25, -0.2) is 0 Å². The van der Waals surface area contributed by atoms with Crippen LogP contribution in [0.25, 0.3) is 10.6 Å². The third-order valence-corrected chi connectivity index (χ3v) is 4.45. The average Bonchev–Trinajstić information content (AvgIpc) is 3.25. The Morgan fingerprint density at radius 3 is 2.72 bits per heavy atom. The van der Waals surface area contributed by atoms with Crippen LogP contribution < -0.4 is 5.32 Å². The van der Waals surface area contributed by atoms with E-state index in [9.17, 15) is 18.0 Å². The van der Waals surface area contributed by atoms with E-state index in [1.165, 1.54) is 29.5 Å². The molecule has 4 nitrogen and oxygen atoms in total. The molecule has 1 N–H and O–H groups in total. The number of carbonyl (C=O) groups excluding carboxylic acids is 1. The molecule has 0 radical (unpaired) electrons. The van der Waals surface area contributed by atoms with Crippen LogP contribution in [0.4, 0.5) is 13.2 Å². The molecule has 2 aromatic heterocycles. The third-order valence-electron chi connectivity index (χ3n) is 3.57. The fourth-order valence-electron chi connectivity index (χ4n) is 2.26. The van der Waals surface area contributed by atoms with Gasteiger partial charge in [0.25, 0.3) is 5.91 Å². The van der Waals surface area contributed by atoms with E-state index >= 15 is 0 Å². The molecule has 0 fully saturated rings. The third kappa shape index (κ3) is 3.90. The number of hydrogen-bond acceptors (Lipinski definition) is 4. The van der Waals surface area contributed by atoms with Crippen LogP contribution in [0.3, 0.4) is 0 Å². The molecule has 0 saturated heterocycles. The van der Waals surface area contributed by atoms with Gasteiger partial charge in [0.1, 0.15) is 0 Å². The number of amides is 1. The minimum atomic E-state index is -4.43. The zero-order valence-electron chi connectivity index (χ0n) is 13.0. The van der Waals surface area contributed by atoms with E-state index in [-0.39, 0.29) is 5.69 Å². The lowest BCUT2D eigenvalue weighted by Gasteiger charge is -2.15. The van der Waals surface area contributed by atoms with Crippen molar-refractivity contribution in [1.29, 1.82) is 0 Å². The van der Waals surface area contributed by atoms with Crippen LogP contribution in [-0.2, 0) is 6.18 Å². The molecule has 25 heavy (non-hydrogen) atoms. The Bertz CT molecular complexity index is 872. The Balaban J connectivity index is 1.73. The number of nitrogens with one attached hydrogen (secondary N) is 1. The van der Waals surface area contributed by atoms with E-state index in [4.69, 9.17) is 4.52 Å². The van der Waals surface area contributed by atoms with E-state index in [2.05, 4.69) is 10.5 Å². The average molecular weight is 366 g/mol. The number of nitrogens with zero attached hydrogens (tertiary/aromatic N) is 1. The van der Waals surface area contributed by atoms with Crippen LogP contribution in [0, 0.1) is 0 Å². The zero-order chi connectivity index (χ0) is 18.0. The van der Waals surface area contributed by atoms with Crippen molar-refractivity contribution in [3.05, 3.63) is 64.7 Å². The van der Waals surface area contributed by atoms with Crippen LogP contribution in [0.2, 0.25) is 0 Å². The van der Waals surface area contributed by atoms with Crippen molar-refractivity contribution in [2.75, 3.05) is 0 Å². The maximum atomic E-state index is 12.8. The normalized spacial score (nSPS) is 12.8. The summed E-state index contributed by atoms with van der Waals surface area (Å²) in [5.41, 5.74) is -0.333. The van der Waals surface area contributed by atoms with Crippen molar-refractivity contribution in [3.63, 3.8) is 0 Å². The highest BCUT2D eigenvalue weighted by atomic mass is 32.1. The highest BCUT2D eigenvalue weighted by Gasteiger charge is 2.30. The van der Waals surface area contributed by atoms with E-state index in [0.29, 0.717) is 11.3 Å². The number of rotatable bonds is 4. The van der Waals surface area contributed by atoms with Gasteiger partial charge in [0, 0.05) is 6.07 Å². The second kappa shape index (κ2) is 6.72. The van der Waals surface area contributed by atoms with Gasteiger partial charge in [0.15, 0.2) is 11.5 Å². The Hall–Kier alpha value is -2.61. The molecule has 0 aliphatic rings. The van der Waals surface area contributed by atoms with Crippen molar-refractivity contribution in [3.8, 4) is 10.6 Å². The Morgan fingerprint density at radius 2 is 2.04 bits per heavy atom. The molecule has 8 heteroatoms. The first-order chi connectivity index (χ1) is 11.8. The fourth-order valence-corrected chi connectivity index (χ4v) is 2.93. The first-order valence-electron chi connectivity index (χ1n) is 7.33. The molecule has 2 heterocycles. The first-order valence-corrected chi connectivity index (χ1v) is 8.21. The Labute approximate surface area is 145 Å². The van der Waals surface area contributed by atoms with Gasteiger partial charge in [-0.3, -0.25) is 4.79 Å². The number of alkyl halides is 3. The topological polar surface area (TPSA) is 55.1 Å². The molecule has 3 aromatic rings.